The standard InChI is InChI=1S/C23H20F5N7/c24-16-2-1-3-17(25)21(16)18-5-4-15-9-31-22(35(15)33-18)32-19-10-30-7-6-20(19)34-11-13(23(26,27)28)8-14(29)12-34/h1-7,9-10,13-14H,8,11-12,29H2,(H,31,32). The molecule has 182 valence electrons. The molecule has 5 rings (SSSR count). The van der Waals surface area contributed by atoms with E-state index in [-0.39, 0.29) is 36.7 Å². The Labute approximate surface area is 196 Å². The lowest BCUT2D eigenvalue weighted by Gasteiger charge is -2.39. The lowest BCUT2D eigenvalue weighted by molar-refractivity contribution is -0.177. The summed E-state index contributed by atoms with van der Waals surface area (Å²) in [6, 6.07) is 7.56. The van der Waals surface area contributed by atoms with Crippen molar-refractivity contribution in [1.82, 2.24) is 19.6 Å². The Morgan fingerprint density at radius 2 is 1.77 bits per heavy atom. The minimum absolute atomic E-state index is 0.0515. The molecule has 3 aromatic heterocycles. The number of halogens is 5. The van der Waals surface area contributed by atoms with E-state index < -0.39 is 29.8 Å². The summed E-state index contributed by atoms with van der Waals surface area (Å²) < 4.78 is 70.2. The average molecular weight is 489 g/mol. The molecule has 2 unspecified atom stereocenters. The Bertz CT molecular complexity index is 1350. The smallest absolute Gasteiger partial charge is 0.368 e. The van der Waals surface area contributed by atoms with Gasteiger partial charge in [-0.2, -0.15) is 22.8 Å². The highest BCUT2D eigenvalue weighted by Gasteiger charge is 2.44. The van der Waals surface area contributed by atoms with Crippen LogP contribution in [0.1, 0.15) is 6.42 Å². The van der Waals surface area contributed by atoms with Crippen LogP contribution in [-0.2, 0) is 0 Å². The van der Waals surface area contributed by atoms with Crippen molar-refractivity contribution >= 4 is 22.8 Å². The summed E-state index contributed by atoms with van der Waals surface area (Å²) in [6.45, 7) is -0.00422. The molecule has 0 aliphatic carbocycles. The first-order valence-electron chi connectivity index (χ1n) is 10.8. The third-order valence-corrected chi connectivity index (χ3v) is 5.93. The molecule has 0 saturated carbocycles. The number of aromatic nitrogens is 4. The maximum atomic E-state index is 14.3. The Kier molecular flexibility index (Phi) is 5.75. The van der Waals surface area contributed by atoms with Crippen LogP contribution in [0.5, 0.6) is 0 Å². The number of nitrogens with two attached hydrogens (primary N) is 1. The Hall–Kier alpha value is -3.80. The number of fused-ring (bicyclic) bond motifs is 1. The lowest BCUT2D eigenvalue weighted by Crippen LogP contribution is -2.51. The number of pyridine rings is 1. The molecule has 2 atom stereocenters. The van der Waals surface area contributed by atoms with E-state index >= 15 is 0 Å². The molecule has 1 aliphatic rings. The molecule has 0 amide bonds. The van der Waals surface area contributed by atoms with E-state index in [0.717, 1.165) is 12.1 Å². The van der Waals surface area contributed by atoms with E-state index in [4.69, 9.17) is 5.73 Å². The SMILES string of the molecule is NC1CC(C(F)(F)F)CN(c2ccncc2Nc2ncc3ccc(-c4c(F)cccc4F)nn23)C1. The van der Waals surface area contributed by atoms with Gasteiger partial charge >= 0.3 is 6.18 Å². The highest BCUT2D eigenvalue weighted by atomic mass is 19.4. The van der Waals surface area contributed by atoms with Gasteiger partial charge in [0, 0.05) is 25.3 Å². The van der Waals surface area contributed by atoms with Gasteiger partial charge in [0.15, 0.2) is 0 Å². The van der Waals surface area contributed by atoms with Crippen molar-refractivity contribution in [2.24, 2.45) is 11.7 Å². The second-order valence-corrected chi connectivity index (χ2v) is 8.39. The van der Waals surface area contributed by atoms with E-state index in [1.165, 1.54) is 35.2 Å². The van der Waals surface area contributed by atoms with Crippen LogP contribution in [0.15, 0.2) is 55.0 Å². The van der Waals surface area contributed by atoms with E-state index in [1.54, 1.807) is 17.0 Å². The minimum Gasteiger partial charge on any atom is -0.368 e. The quantitative estimate of drug-likeness (QED) is 0.410. The van der Waals surface area contributed by atoms with E-state index in [0.29, 0.717) is 16.9 Å². The highest BCUT2D eigenvalue weighted by molar-refractivity contribution is 5.74. The van der Waals surface area contributed by atoms with Gasteiger partial charge in [-0.25, -0.2) is 13.8 Å². The zero-order valence-corrected chi connectivity index (χ0v) is 18.2. The predicted molar refractivity (Wildman–Crippen MR) is 120 cm³/mol. The normalized spacial score (nSPS) is 18.7. The lowest BCUT2D eigenvalue weighted by atomic mass is 9.93. The van der Waals surface area contributed by atoms with Crippen molar-refractivity contribution in [3.05, 3.63) is 66.6 Å². The molecule has 12 heteroatoms. The molecule has 7 nitrogen and oxygen atoms in total. The molecule has 1 aromatic carbocycles. The van der Waals surface area contributed by atoms with Crippen molar-refractivity contribution in [1.29, 1.82) is 0 Å². The number of nitrogens with zero attached hydrogens (tertiary/aromatic N) is 5. The van der Waals surface area contributed by atoms with Crippen molar-refractivity contribution in [3.8, 4) is 11.3 Å². The summed E-state index contributed by atoms with van der Waals surface area (Å²) in [5, 5.41) is 7.38. The van der Waals surface area contributed by atoms with Gasteiger partial charge in [0.2, 0.25) is 5.95 Å². The number of piperidine rings is 1. The maximum absolute atomic E-state index is 14.3. The van der Waals surface area contributed by atoms with Crippen LogP contribution in [0.25, 0.3) is 16.8 Å². The summed E-state index contributed by atoms with van der Waals surface area (Å²) in [4.78, 5) is 9.92. The molecule has 1 fully saturated rings. The molecular weight excluding hydrogens is 469 g/mol. The number of benzene rings is 1. The first-order chi connectivity index (χ1) is 16.7. The number of rotatable bonds is 4. The Morgan fingerprint density at radius 3 is 2.51 bits per heavy atom. The minimum atomic E-state index is -4.36. The Morgan fingerprint density at radius 1 is 1.00 bits per heavy atom. The summed E-state index contributed by atoms with van der Waals surface area (Å²) in [5.41, 5.74) is 7.11. The van der Waals surface area contributed by atoms with Crippen LogP contribution >= 0.6 is 0 Å². The highest BCUT2D eigenvalue weighted by Crippen LogP contribution is 2.37. The molecule has 4 heterocycles. The topological polar surface area (TPSA) is 84.4 Å². The largest absolute Gasteiger partial charge is 0.393 e. The first kappa shape index (κ1) is 23.0. The van der Waals surface area contributed by atoms with E-state index in [9.17, 15) is 22.0 Å². The average Bonchev–Trinajstić information content (AvgIpc) is 3.20. The van der Waals surface area contributed by atoms with Gasteiger partial charge in [-0.15, -0.1) is 0 Å². The number of alkyl halides is 3. The van der Waals surface area contributed by atoms with Crippen LogP contribution in [0, 0.1) is 17.6 Å². The van der Waals surface area contributed by atoms with Crippen molar-refractivity contribution in [2.45, 2.75) is 18.6 Å². The summed E-state index contributed by atoms with van der Waals surface area (Å²) in [7, 11) is 0. The van der Waals surface area contributed by atoms with Crippen molar-refractivity contribution in [3.63, 3.8) is 0 Å². The molecule has 0 spiro atoms. The fourth-order valence-electron chi connectivity index (χ4n) is 4.30. The molecule has 4 aromatic rings. The number of hydrogen-bond acceptors (Lipinski definition) is 6. The molecule has 3 N–H and O–H groups in total. The van der Waals surface area contributed by atoms with Gasteiger partial charge in [0.25, 0.3) is 0 Å². The molecular formula is C23H20F5N7. The number of hydrogen-bond donors (Lipinski definition) is 2. The number of imidazole rings is 1. The number of anilines is 3. The molecule has 1 aliphatic heterocycles. The predicted octanol–water partition coefficient (Wildman–Crippen LogP) is 4.53. The van der Waals surface area contributed by atoms with Gasteiger partial charge < -0.3 is 16.0 Å². The van der Waals surface area contributed by atoms with Crippen LogP contribution in [0.2, 0.25) is 0 Å². The molecule has 35 heavy (non-hydrogen) atoms. The summed E-state index contributed by atoms with van der Waals surface area (Å²) in [6.07, 6.45) is -0.0658. The van der Waals surface area contributed by atoms with Gasteiger partial charge in [-0.05, 0) is 36.8 Å². The maximum Gasteiger partial charge on any atom is 0.393 e. The van der Waals surface area contributed by atoms with E-state index in [2.05, 4.69) is 20.4 Å². The molecule has 0 radical (unpaired) electrons. The van der Waals surface area contributed by atoms with Gasteiger partial charge in [0.1, 0.15) is 11.6 Å². The second-order valence-electron chi connectivity index (χ2n) is 8.39. The van der Waals surface area contributed by atoms with Gasteiger partial charge in [-0.1, -0.05) is 6.07 Å². The third-order valence-electron chi connectivity index (χ3n) is 5.93. The fourth-order valence-corrected chi connectivity index (χ4v) is 4.30. The van der Waals surface area contributed by atoms with E-state index in [1.807, 2.05) is 0 Å². The second kappa shape index (κ2) is 8.77. The summed E-state index contributed by atoms with van der Waals surface area (Å²) >= 11 is 0. The first-order valence-corrected chi connectivity index (χ1v) is 10.8. The van der Waals surface area contributed by atoms with Crippen molar-refractivity contribution < 1.29 is 22.0 Å². The monoisotopic (exact) mass is 489 g/mol. The third kappa shape index (κ3) is 4.48. The summed E-state index contributed by atoms with van der Waals surface area (Å²) in [5.74, 6) is -2.88. The molecule has 1 saturated heterocycles. The van der Waals surface area contributed by atoms with Gasteiger partial charge in [-0.3, -0.25) is 4.98 Å². The van der Waals surface area contributed by atoms with Crippen LogP contribution in [0.3, 0.4) is 0 Å². The van der Waals surface area contributed by atoms with Crippen LogP contribution < -0.4 is 16.0 Å². The Balaban J connectivity index is 1.50. The van der Waals surface area contributed by atoms with Crippen LogP contribution in [-0.4, -0.2) is 44.9 Å². The van der Waals surface area contributed by atoms with Crippen LogP contribution in [0.4, 0.5) is 39.3 Å². The zero-order chi connectivity index (χ0) is 24.7. The van der Waals surface area contributed by atoms with Crippen molar-refractivity contribution in [2.75, 3.05) is 23.3 Å². The van der Waals surface area contributed by atoms with Gasteiger partial charge in [0.05, 0.1) is 46.5 Å². The molecule has 0 bridgehead atoms. The number of nitrogens with one attached hydrogen (secondary N) is 1. The fraction of sp³-hybridized carbons (Fsp3) is 0.261. The zero-order valence-electron chi connectivity index (χ0n) is 18.2.